The molecular formula is C60H98O27. The topological polar surface area (TPSA) is 422 Å². The summed E-state index contributed by atoms with van der Waals surface area (Å²) in [5, 5.41) is 166. The van der Waals surface area contributed by atoms with Crippen molar-refractivity contribution in [2.45, 2.75) is 267 Å². The number of esters is 1. The van der Waals surface area contributed by atoms with Crippen molar-refractivity contribution in [2.24, 2.45) is 50.2 Å². The molecule has 0 aromatic rings. The van der Waals surface area contributed by atoms with Crippen LogP contribution in [0.25, 0.3) is 0 Å². The molecule has 5 heterocycles. The Hall–Kier alpha value is -1.79. The summed E-state index contributed by atoms with van der Waals surface area (Å²) in [6.07, 6.45) is -32.9. The fourth-order valence-corrected chi connectivity index (χ4v) is 17.8. The lowest BCUT2D eigenvalue weighted by molar-refractivity contribution is -0.404. The zero-order valence-electron chi connectivity index (χ0n) is 51.0. The summed E-state index contributed by atoms with van der Waals surface area (Å²) in [6, 6.07) is 0. The van der Waals surface area contributed by atoms with Crippen molar-refractivity contribution in [3.05, 3.63) is 11.6 Å². The van der Waals surface area contributed by atoms with E-state index in [4.69, 9.17) is 52.1 Å². The SMILES string of the molecule is CC(=O)OC[C@@]1(C)CC[C@]2(CO)[C@H](O)C[C@]3(C)C(=CC[C@@H]4[C@@]5(C)CC[C@H](O[C@@H]6OC[C@H](O[C@@H]7O[C@H](CO)[C@@H](O)[C@H](O[C@@H]8O[C@@H](C)[C@H](O)[C@@H](O)[C@H]8O)[C@H]7O[C@@H]7OC[C@@H](O)[C@H](O)[C@H]7O)[C@H](O)[C@H]6O[C@@H]6O[C@H](CO)[C@@H](O)[C@H](O)[C@H]6O)C(C)(C)[C@@H]5CC[C@]43C)[C@@H]2C1. The van der Waals surface area contributed by atoms with E-state index in [1.165, 1.54) is 19.4 Å². The number of hydrogen-bond acceptors (Lipinski definition) is 27. The highest BCUT2D eigenvalue weighted by atomic mass is 16.8. The van der Waals surface area contributed by atoms with Crippen LogP contribution in [-0.4, -0.2) is 276 Å². The van der Waals surface area contributed by atoms with Crippen molar-refractivity contribution in [1.29, 1.82) is 0 Å². The Labute approximate surface area is 506 Å². The quantitative estimate of drug-likeness (QED) is 0.0444. The van der Waals surface area contributed by atoms with E-state index in [0.29, 0.717) is 38.5 Å². The van der Waals surface area contributed by atoms with E-state index < -0.39 is 196 Å². The minimum atomic E-state index is -1.96. The van der Waals surface area contributed by atoms with Gasteiger partial charge in [0.25, 0.3) is 0 Å². The monoisotopic (exact) mass is 1250 g/mol. The molecule has 9 fully saturated rings. The lowest BCUT2D eigenvalue weighted by atomic mass is 9.33. The maximum Gasteiger partial charge on any atom is 0.302 e. The van der Waals surface area contributed by atoms with E-state index in [0.717, 1.165) is 19.3 Å². The van der Waals surface area contributed by atoms with Crippen LogP contribution >= 0.6 is 0 Å². The van der Waals surface area contributed by atoms with Gasteiger partial charge >= 0.3 is 5.97 Å². The van der Waals surface area contributed by atoms with Crippen LogP contribution in [-0.2, 0) is 56.9 Å². The molecule has 5 saturated heterocycles. The van der Waals surface area contributed by atoms with E-state index in [1.54, 1.807) is 0 Å². The van der Waals surface area contributed by atoms with Gasteiger partial charge in [0, 0.05) is 17.8 Å². The predicted octanol–water partition coefficient (Wildman–Crippen LogP) is -2.92. The fraction of sp³-hybridized carbons (Fsp3) is 0.950. The molecule has 27 nitrogen and oxygen atoms in total. The van der Waals surface area contributed by atoms with Crippen molar-refractivity contribution in [2.75, 3.05) is 39.6 Å². The average molecular weight is 1250 g/mol. The van der Waals surface area contributed by atoms with Gasteiger partial charge in [-0.25, -0.2) is 0 Å². The molecule has 10 rings (SSSR count). The summed E-state index contributed by atoms with van der Waals surface area (Å²) in [6.45, 7) is 13.5. The Morgan fingerprint density at radius 2 is 1.18 bits per heavy atom. The second-order valence-electron chi connectivity index (χ2n) is 28.8. The maximum atomic E-state index is 12.7. The number of ether oxygens (including phenoxy) is 11. The van der Waals surface area contributed by atoms with Crippen LogP contribution in [0.2, 0.25) is 0 Å². The molecule has 5 aliphatic carbocycles. The highest BCUT2D eigenvalue weighted by Gasteiger charge is 2.71. The van der Waals surface area contributed by atoms with E-state index in [1.807, 2.05) is 0 Å². The van der Waals surface area contributed by atoms with Crippen LogP contribution in [0.3, 0.4) is 0 Å². The van der Waals surface area contributed by atoms with E-state index in [9.17, 15) is 81.4 Å². The van der Waals surface area contributed by atoms with Crippen molar-refractivity contribution in [3.63, 3.8) is 0 Å². The first-order valence-corrected chi connectivity index (χ1v) is 31.2. The highest BCUT2D eigenvalue weighted by Crippen LogP contribution is 2.76. The third-order valence-electron chi connectivity index (χ3n) is 23.4. The molecule has 0 unspecified atom stereocenters. The lowest BCUT2D eigenvalue weighted by Crippen LogP contribution is -2.68. The number of aliphatic hydroxyl groups is 15. The van der Waals surface area contributed by atoms with Crippen molar-refractivity contribution in [1.82, 2.24) is 0 Å². The van der Waals surface area contributed by atoms with Gasteiger partial charge in [0.05, 0.1) is 58.0 Å². The zero-order chi connectivity index (χ0) is 63.4. The van der Waals surface area contributed by atoms with Gasteiger partial charge < -0.3 is 129 Å². The Bertz CT molecular complexity index is 2400. The van der Waals surface area contributed by atoms with Gasteiger partial charge in [-0.15, -0.1) is 0 Å². The largest absolute Gasteiger partial charge is 0.465 e. The second-order valence-corrected chi connectivity index (χ2v) is 28.8. The number of aliphatic hydroxyl groups excluding tert-OH is 15. The molecule has 87 heavy (non-hydrogen) atoms. The summed E-state index contributed by atoms with van der Waals surface area (Å²) in [4.78, 5) is 12.0. The molecule has 0 radical (unpaired) electrons. The van der Waals surface area contributed by atoms with Gasteiger partial charge in [-0.3, -0.25) is 4.79 Å². The predicted molar refractivity (Wildman–Crippen MR) is 294 cm³/mol. The van der Waals surface area contributed by atoms with Crippen LogP contribution in [0.15, 0.2) is 11.6 Å². The van der Waals surface area contributed by atoms with Gasteiger partial charge in [-0.2, -0.15) is 0 Å². The molecule has 500 valence electrons. The smallest absolute Gasteiger partial charge is 0.302 e. The molecule has 27 heteroatoms. The molecule has 0 aromatic carbocycles. The maximum absolute atomic E-state index is 12.7. The fourth-order valence-electron chi connectivity index (χ4n) is 17.8. The van der Waals surface area contributed by atoms with Crippen LogP contribution in [0, 0.1) is 50.2 Å². The molecular weight excluding hydrogens is 1150 g/mol. The van der Waals surface area contributed by atoms with Crippen LogP contribution in [0.5, 0.6) is 0 Å². The lowest BCUT2D eigenvalue weighted by Gasteiger charge is -2.72. The van der Waals surface area contributed by atoms with Crippen molar-refractivity contribution in [3.8, 4) is 0 Å². The van der Waals surface area contributed by atoms with Gasteiger partial charge in [0.1, 0.15) is 104 Å². The number of hydrogen-bond donors (Lipinski definition) is 15. The molecule has 0 spiro atoms. The molecule has 0 aromatic heterocycles. The van der Waals surface area contributed by atoms with Crippen molar-refractivity contribution >= 4 is 5.97 Å². The van der Waals surface area contributed by atoms with Gasteiger partial charge in [-0.1, -0.05) is 53.2 Å². The minimum absolute atomic E-state index is 0.0413. The third kappa shape index (κ3) is 11.7. The molecule has 5 aliphatic heterocycles. The molecule has 33 atom stereocenters. The van der Waals surface area contributed by atoms with E-state index in [-0.39, 0.29) is 53.2 Å². The number of allylic oxidation sites excluding steroid dienone is 2. The first kappa shape index (κ1) is 68.1. The summed E-state index contributed by atoms with van der Waals surface area (Å²) in [5.41, 5.74) is -1.41. The van der Waals surface area contributed by atoms with E-state index in [2.05, 4.69) is 47.6 Å². The molecule has 0 amide bonds. The normalized spacial score (nSPS) is 54.3. The second kappa shape index (κ2) is 25.5. The van der Waals surface area contributed by atoms with Crippen LogP contribution < -0.4 is 0 Å². The number of carbonyl (C=O) groups excluding carboxylic acids is 1. The number of carbonyl (C=O) groups is 1. The average Bonchev–Trinajstić information content (AvgIpc) is 0.678. The Morgan fingerprint density at radius 1 is 0.575 bits per heavy atom. The van der Waals surface area contributed by atoms with Crippen LogP contribution in [0.4, 0.5) is 0 Å². The van der Waals surface area contributed by atoms with Gasteiger partial charge in [-0.05, 0) is 104 Å². The van der Waals surface area contributed by atoms with E-state index >= 15 is 0 Å². The molecule has 10 aliphatic rings. The highest BCUT2D eigenvalue weighted by molar-refractivity contribution is 5.65. The molecule has 15 N–H and O–H groups in total. The van der Waals surface area contributed by atoms with Crippen LogP contribution in [0.1, 0.15) is 113 Å². The summed E-state index contributed by atoms with van der Waals surface area (Å²) < 4.78 is 67.3. The first-order chi connectivity index (χ1) is 40.8. The Balaban J connectivity index is 0.925. The first-order valence-electron chi connectivity index (χ1n) is 31.2. The van der Waals surface area contributed by atoms with Gasteiger partial charge in [0.2, 0.25) is 0 Å². The third-order valence-corrected chi connectivity index (χ3v) is 23.4. The van der Waals surface area contributed by atoms with Crippen molar-refractivity contribution < 1.29 is 133 Å². The Morgan fingerprint density at radius 3 is 1.85 bits per heavy atom. The summed E-state index contributed by atoms with van der Waals surface area (Å²) >= 11 is 0. The summed E-state index contributed by atoms with van der Waals surface area (Å²) in [5.74, 6) is -0.290. The standard InChI is InChI=1S/C60H98O27/c1-25-37(67)42(72)45(75)51(80-25)85-47-40(70)31(20-62)82-54(49(47)87-50-44(74)38(68)29(65)21-77-50)83-32-22-78-53(48(41(32)71)86-52-46(76)43(73)39(69)30(19-61)81-52)84-36-12-13-57(6)33(55(36,3)4)11-14-58(7)34(57)10-9-27-28-17-56(5,24-79-26(2)64)15-16-60(28,23-63)35(66)18-59(27,58)8/h9,25,28-54,61-63,65-76H,10-24H2,1-8H3/t25-,28-,29+,30+,31+,32-,33-,34+,35+,36-,37-,38-,39+,40+,41-,42+,43-,44+,45+,46+,47-,48+,49+,50-,51-,52-,53-,54-,56-,57-,58+,59+,60+/m0/s1. The van der Waals surface area contributed by atoms with Gasteiger partial charge in [0.15, 0.2) is 31.5 Å². The number of fused-ring (bicyclic) bond motifs is 7. The summed E-state index contributed by atoms with van der Waals surface area (Å²) in [7, 11) is 0. The number of rotatable bonds is 15. The minimum Gasteiger partial charge on any atom is -0.465 e. The Kier molecular flexibility index (Phi) is 20.0. The molecule has 0 bridgehead atoms. The molecule has 4 saturated carbocycles. The zero-order valence-corrected chi connectivity index (χ0v) is 51.0.